The van der Waals surface area contributed by atoms with Gasteiger partial charge in [-0.1, -0.05) is 12.1 Å². The second-order valence-corrected chi connectivity index (χ2v) is 6.42. The number of carbonyl (C=O) groups is 1. The third-order valence-corrected chi connectivity index (χ3v) is 4.21. The van der Waals surface area contributed by atoms with E-state index >= 15 is 0 Å². The molecular weight excluding hydrogens is 366 g/mol. The lowest BCUT2D eigenvalue weighted by atomic mass is 10.2. The van der Waals surface area contributed by atoms with Gasteiger partial charge in [0.15, 0.2) is 5.82 Å². The Balaban J connectivity index is 1.37. The van der Waals surface area contributed by atoms with Gasteiger partial charge in [-0.2, -0.15) is 5.10 Å². The molecule has 0 atom stereocenters. The standard InChI is InChI=1S/C21H19N7O/c1-15-9-12-28(27-15)20-6-5-19(25-26-20)23-14-16-3-2-4-18(13-16)24-21(29)17-7-10-22-11-8-17/h2-13H,14H2,1H3,(H,23,25)(H,24,29). The highest BCUT2D eigenvalue weighted by Gasteiger charge is 2.06. The van der Waals surface area contributed by atoms with Gasteiger partial charge in [0.1, 0.15) is 5.82 Å². The van der Waals surface area contributed by atoms with E-state index < -0.39 is 0 Å². The van der Waals surface area contributed by atoms with E-state index in [4.69, 9.17) is 0 Å². The monoisotopic (exact) mass is 385 g/mol. The van der Waals surface area contributed by atoms with Crippen molar-refractivity contribution in [2.45, 2.75) is 13.5 Å². The molecular formula is C21H19N7O. The van der Waals surface area contributed by atoms with Crippen LogP contribution in [0.25, 0.3) is 5.82 Å². The molecule has 29 heavy (non-hydrogen) atoms. The summed E-state index contributed by atoms with van der Waals surface area (Å²) in [5.41, 5.74) is 3.21. The van der Waals surface area contributed by atoms with Crippen LogP contribution < -0.4 is 10.6 Å². The van der Waals surface area contributed by atoms with Gasteiger partial charge >= 0.3 is 0 Å². The maximum absolute atomic E-state index is 12.3. The number of nitrogens with one attached hydrogen (secondary N) is 2. The second kappa shape index (κ2) is 8.30. The van der Waals surface area contributed by atoms with Gasteiger partial charge < -0.3 is 10.6 Å². The fraction of sp³-hybridized carbons (Fsp3) is 0.0952. The normalized spacial score (nSPS) is 10.5. The summed E-state index contributed by atoms with van der Waals surface area (Å²) in [4.78, 5) is 16.2. The summed E-state index contributed by atoms with van der Waals surface area (Å²) >= 11 is 0. The summed E-state index contributed by atoms with van der Waals surface area (Å²) in [7, 11) is 0. The molecule has 0 radical (unpaired) electrons. The SMILES string of the molecule is Cc1ccn(-c2ccc(NCc3cccc(NC(=O)c4ccncc4)c3)nn2)n1. The van der Waals surface area contributed by atoms with Gasteiger partial charge in [-0.3, -0.25) is 9.78 Å². The third-order valence-electron chi connectivity index (χ3n) is 4.21. The number of hydrogen-bond acceptors (Lipinski definition) is 6. The number of nitrogens with zero attached hydrogens (tertiary/aromatic N) is 5. The van der Waals surface area contributed by atoms with Crippen molar-refractivity contribution in [2.75, 3.05) is 10.6 Å². The number of aryl methyl sites for hydroxylation is 1. The van der Waals surface area contributed by atoms with Crippen LogP contribution >= 0.6 is 0 Å². The molecule has 3 heterocycles. The number of amides is 1. The fourth-order valence-corrected chi connectivity index (χ4v) is 2.74. The van der Waals surface area contributed by atoms with Crippen LogP contribution in [0.5, 0.6) is 0 Å². The van der Waals surface area contributed by atoms with Crippen LogP contribution in [0, 0.1) is 6.92 Å². The van der Waals surface area contributed by atoms with Crippen LogP contribution in [0.4, 0.5) is 11.5 Å². The van der Waals surface area contributed by atoms with E-state index in [2.05, 4.69) is 30.9 Å². The van der Waals surface area contributed by atoms with Gasteiger partial charge in [0.05, 0.1) is 5.69 Å². The lowest BCUT2D eigenvalue weighted by Gasteiger charge is -2.09. The molecule has 4 rings (SSSR count). The quantitative estimate of drug-likeness (QED) is 0.529. The van der Waals surface area contributed by atoms with Crippen molar-refractivity contribution >= 4 is 17.4 Å². The molecule has 144 valence electrons. The summed E-state index contributed by atoms with van der Waals surface area (Å²) in [6, 6.07) is 16.6. The van der Waals surface area contributed by atoms with Crippen LogP contribution in [0.2, 0.25) is 0 Å². The Morgan fingerprint density at radius 2 is 1.90 bits per heavy atom. The first-order valence-electron chi connectivity index (χ1n) is 9.08. The average Bonchev–Trinajstić information content (AvgIpc) is 3.20. The maximum Gasteiger partial charge on any atom is 0.255 e. The number of aromatic nitrogens is 5. The van der Waals surface area contributed by atoms with Gasteiger partial charge in [-0.15, -0.1) is 10.2 Å². The van der Waals surface area contributed by atoms with Gasteiger partial charge in [0.2, 0.25) is 0 Å². The predicted molar refractivity (Wildman–Crippen MR) is 110 cm³/mol. The molecule has 0 spiro atoms. The first-order chi connectivity index (χ1) is 14.2. The zero-order chi connectivity index (χ0) is 20.1. The Morgan fingerprint density at radius 3 is 2.62 bits per heavy atom. The Morgan fingerprint density at radius 1 is 1.03 bits per heavy atom. The van der Waals surface area contributed by atoms with Crippen molar-refractivity contribution < 1.29 is 4.79 Å². The second-order valence-electron chi connectivity index (χ2n) is 6.42. The smallest absolute Gasteiger partial charge is 0.255 e. The minimum atomic E-state index is -0.173. The van der Waals surface area contributed by atoms with Crippen LogP contribution in [-0.4, -0.2) is 30.9 Å². The number of carbonyl (C=O) groups excluding carboxylic acids is 1. The summed E-state index contributed by atoms with van der Waals surface area (Å²) in [6.45, 7) is 2.47. The molecule has 8 nitrogen and oxygen atoms in total. The first kappa shape index (κ1) is 18.3. The molecule has 0 aliphatic heterocycles. The molecule has 0 fully saturated rings. The maximum atomic E-state index is 12.3. The van der Waals surface area contributed by atoms with Crippen molar-refractivity contribution in [3.05, 3.63) is 90.0 Å². The zero-order valence-corrected chi connectivity index (χ0v) is 15.8. The fourth-order valence-electron chi connectivity index (χ4n) is 2.74. The Hall–Kier alpha value is -4.07. The lowest BCUT2D eigenvalue weighted by Crippen LogP contribution is -2.12. The highest BCUT2D eigenvalue weighted by atomic mass is 16.1. The van der Waals surface area contributed by atoms with Crippen molar-refractivity contribution in [1.29, 1.82) is 0 Å². The van der Waals surface area contributed by atoms with E-state index in [1.807, 2.05) is 55.6 Å². The molecule has 0 aliphatic rings. The highest BCUT2D eigenvalue weighted by Crippen LogP contribution is 2.14. The van der Waals surface area contributed by atoms with Crippen LogP contribution in [0.1, 0.15) is 21.6 Å². The van der Waals surface area contributed by atoms with E-state index in [1.54, 1.807) is 29.2 Å². The molecule has 3 aromatic heterocycles. The average molecular weight is 385 g/mol. The molecule has 0 unspecified atom stereocenters. The number of hydrogen-bond donors (Lipinski definition) is 2. The zero-order valence-electron chi connectivity index (χ0n) is 15.8. The number of anilines is 2. The molecule has 0 aliphatic carbocycles. The largest absolute Gasteiger partial charge is 0.365 e. The summed E-state index contributed by atoms with van der Waals surface area (Å²) in [5.74, 6) is 1.14. The van der Waals surface area contributed by atoms with Crippen LogP contribution in [0.15, 0.2) is 73.2 Å². The summed E-state index contributed by atoms with van der Waals surface area (Å²) in [6.07, 6.45) is 5.03. The molecule has 1 amide bonds. The van der Waals surface area contributed by atoms with E-state index in [0.29, 0.717) is 23.7 Å². The molecule has 0 bridgehead atoms. The van der Waals surface area contributed by atoms with Crippen molar-refractivity contribution in [2.24, 2.45) is 0 Å². The van der Waals surface area contributed by atoms with E-state index in [9.17, 15) is 4.79 Å². The van der Waals surface area contributed by atoms with Gasteiger partial charge in [0, 0.05) is 36.4 Å². The Labute approximate surface area is 167 Å². The molecule has 4 aromatic rings. The van der Waals surface area contributed by atoms with Crippen molar-refractivity contribution in [3.8, 4) is 5.82 Å². The summed E-state index contributed by atoms with van der Waals surface area (Å²) in [5, 5.41) is 18.8. The highest BCUT2D eigenvalue weighted by molar-refractivity contribution is 6.04. The van der Waals surface area contributed by atoms with E-state index in [-0.39, 0.29) is 5.91 Å². The van der Waals surface area contributed by atoms with Crippen molar-refractivity contribution in [3.63, 3.8) is 0 Å². The number of benzene rings is 1. The Kier molecular flexibility index (Phi) is 5.24. The van der Waals surface area contributed by atoms with E-state index in [1.165, 1.54) is 0 Å². The molecule has 0 saturated heterocycles. The first-order valence-corrected chi connectivity index (χ1v) is 9.08. The number of pyridine rings is 1. The van der Waals surface area contributed by atoms with Crippen LogP contribution in [0.3, 0.4) is 0 Å². The molecule has 8 heteroatoms. The topological polar surface area (TPSA) is 97.6 Å². The minimum Gasteiger partial charge on any atom is -0.365 e. The minimum absolute atomic E-state index is 0.173. The van der Waals surface area contributed by atoms with Gasteiger partial charge in [0.25, 0.3) is 5.91 Å². The third kappa shape index (κ3) is 4.62. The number of rotatable bonds is 6. The molecule has 1 aromatic carbocycles. The Bertz CT molecular complexity index is 1110. The van der Waals surface area contributed by atoms with Crippen LogP contribution in [-0.2, 0) is 6.54 Å². The predicted octanol–water partition coefficient (Wildman–Crippen LogP) is 3.23. The van der Waals surface area contributed by atoms with E-state index in [0.717, 1.165) is 16.9 Å². The molecule has 0 saturated carbocycles. The van der Waals surface area contributed by atoms with Gasteiger partial charge in [-0.25, -0.2) is 4.68 Å². The van der Waals surface area contributed by atoms with Gasteiger partial charge in [-0.05, 0) is 55.0 Å². The lowest BCUT2D eigenvalue weighted by molar-refractivity contribution is 0.102. The summed E-state index contributed by atoms with van der Waals surface area (Å²) < 4.78 is 1.68. The van der Waals surface area contributed by atoms with Crippen molar-refractivity contribution in [1.82, 2.24) is 25.0 Å². The molecule has 2 N–H and O–H groups in total.